The molecule has 1 heterocycles. The van der Waals surface area contributed by atoms with Crippen molar-refractivity contribution in [1.29, 1.82) is 0 Å². The van der Waals surface area contributed by atoms with Crippen LogP contribution in [0.5, 0.6) is 0 Å². The Morgan fingerprint density at radius 2 is 2.11 bits per heavy atom. The van der Waals surface area contributed by atoms with Crippen molar-refractivity contribution < 1.29 is 19.4 Å². The highest BCUT2D eigenvalue weighted by Crippen LogP contribution is 2.21. The lowest BCUT2D eigenvalue weighted by molar-refractivity contribution is -0.151. The van der Waals surface area contributed by atoms with Crippen LogP contribution in [0.1, 0.15) is 44.9 Å². The average molecular weight is 267 g/mol. The molecule has 0 radical (unpaired) electrons. The van der Waals surface area contributed by atoms with Crippen molar-refractivity contribution in [3.63, 3.8) is 0 Å². The molecule has 5 nitrogen and oxygen atoms in total. The van der Waals surface area contributed by atoms with E-state index >= 15 is 0 Å². The minimum absolute atomic E-state index is 0.180. The van der Waals surface area contributed by atoms with Gasteiger partial charge in [-0.3, -0.25) is 4.79 Å². The zero-order valence-corrected chi connectivity index (χ0v) is 11.1. The molecule has 0 saturated carbocycles. The van der Waals surface area contributed by atoms with Crippen LogP contribution in [0.4, 0.5) is 0 Å². The number of rotatable bonds is 5. The maximum Gasteiger partial charge on any atom is 0.332 e. The van der Waals surface area contributed by atoms with Crippen molar-refractivity contribution >= 4 is 11.9 Å². The minimum Gasteiger partial charge on any atom is -0.479 e. The molecule has 1 saturated heterocycles. The molecule has 1 aliphatic carbocycles. The Morgan fingerprint density at radius 1 is 1.32 bits per heavy atom. The number of hydrogen-bond acceptors (Lipinski definition) is 3. The Labute approximate surface area is 113 Å². The van der Waals surface area contributed by atoms with Crippen LogP contribution in [0.15, 0.2) is 11.6 Å². The van der Waals surface area contributed by atoms with Crippen LogP contribution in [0, 0.1) is 0 Å². The maximum atomic E-state index is 11.8. The molecule has 2 N–H and O–H groups in total. The van der Waals surface area contributed by atoms with Gasteiger partial charge in [-0.05, 0) is 44.9 Å². The molecule has 2 rings (SSSR count). The van der Waals surface area contributed by atoms with Crippen LogP contribution in [-0.2, 0) is 14.3 Å². The molecule has 5 heteroatoms. The SMILES string of the molecule is O=C(NCCC1=CCCCC1)[C@@H]1CC[C@H](C(=O)O)O1. The van der Waals surface area contributed by atoms with Crippen LogP contribution in [0.2, 0.25) is 0 Å². The third-order valence-electron chi connectivity index (χ3n) is 3.72. The number of nitrogens with one attached hydrogen (secondary N) is 1. The number of carboxylic acid groups (broad SMARTS) is 1. The van der Waals surface area contributed by atoms with Gasteiger partial charge in [0, 0.05) is 6.54 Å². The summed E-state index contributed by atoms with van der Waals surface area (Å²) in [5.41, 5.74) is 1.42. The predicted octanol–water partition coefficient (Wildman–Crippen LogP) is 1.63. The molecule has 0 aromatic carbocycles. The summed E-state index contributed by atoms with van der Waals surface area (Å²) in [7, 11) is 0. The molecule has 19 heavy (non-hydrogen) atoms. The standard InChI is InChI=1S/C14H21NO4/c16-13(11-6-7-12(19-11)14(17)18)15-9-8-10-4-2-1-3-5-10/h4,11-12H,1-3,5-9H2,(H,15,16)(H,17,18)/t11-,12+/m0/s1. The molecule has 1 aliphatic heterocycles. The summed E-state index contributed by atoms with van der Waals surface area (Å²) >= 11 is 0. The fraction of sp³-hybridized carbons (Fsp3) is 0.714. The van der Waals surface area contributed by atoms with Gasteiger partial charge in [0.15, 0.2) is 6.10 Å². The molecule has 2 atom stereocenters. The first kappa shape index (κ1) is 14.1. The fourth-order valence-corrected chi connectivity index (χ4v) is 2.60. The van der Waals surface area contributed by atoms with Gasteiger partial charge in [-0.15, -0.1) is 0 Å². The lowest BCUT2D eigenvalue weighted by atomic mass is 9.97. The van der Waals surface area contributed by atoms with Gasteiger partial charge in [0.1, 0.15) is 6.10 Å². The zero-order valence-electron chi connectivity index (χ0n) is 11.1. The normalized spacial score (nSPS) is 26.8. The van der Waals surface area contributed by atoms with Gasteiger partial charge < -0.3 is 15.2 Å². The molecular formula is C14H21NO4. The van der Waals surface area contributed by atoms with Crippen LogP contribution >= 0.6 is 0 Å². The molecule has 0 aromatic heterocycles. The molecule has 0 spiro atoms. The Balaban J connectivity index is 1.67. The van der Waals surface area contributed by atoms with E-state index in [4.69, 9.17) is 9.84 Å². The highest BCUT2D eigenvalue weighted by Gasteiger charge is 2.34. The van der Waals surface area contributed by atoms with Gasteiger partial charge in [0.25, 0.3) is 0 Å². The van der Waals surface area contributed by atoms with Crippen LogP contribution in [-0.4, -0.2) is 35.7 Å². The molecule has 1 fully saturated rings. The molecule has 0 bridgehead atoms. The zero-order chi connectivity index (χ0) is 13.7. The van der Waals surface area contributed by atoms with Gasteiger partial charge in [-0.1, -0.05) is 11.6 Å². The Hall–Kier alpha value is -1.36. The topological polar surface area (TPSA) is 75.6 Å². The Kier molecular flexibility index (Phi) is 4.96. The van der Waals surface area contributed by atoms with Gasteiger partial charge in [0.2, 0.25) is 5.91 Å². The number of ether oxygens (including phenoxy) is 1. The first-order valence-electron chi connectivity index (χ1n) is 7.00. The average Bonchev–Trinajstić information content (AvgIpc) is 2.89. The van der Waals surface area contributed by atoms with Crippen molar-refractivity contribution in [2.45, 2.75) is 57.2 Å². The number of aliphatic carboxylic acids is 1. The van der Waals surface area contributed by atoms with E-state index in [1.165, 1.54) is 18.4 Å². The van der Waals surface area contributed by atoms with Crippen molar-refractivity contribution in [2.24, 2.45) is 0 Å². The highest BCUT2D eigenvalue weighted by molar-refractivity contribution is 5.82. The first-order valence-corrected chi connectivity index (χ1v) is 7.00. The molecule has 0 aromatic rings. The van der Waals surface area contributed by atoms with Crippen molar-refractivity contribution in [1.82, 2.24) is 5.32 Å². The molecule has 1 amide bonds. The second kappa shape index (κ2) is 6.70. The van der Waals surface area contributed by atoms with E-state index in [1.54, 1.807) is 0 Å². The van der Waals surface area contributed by atoms with Crippen LogP contribution < -0.4 is 5.32 Å². The summed E-state index contributed by atoms with van der Waals surface area (Å²) in [4.78, 5) is 22.5. The molecule has 2 aliphatic rings. The van der Waals surface area contributed by atoms with E-state index in [0.717, 1.165) is 19.3 Å². The van der Waals surface area contributed by atoms with E-state index in [1.807, 2.05) is 0 Å². The summed E-state index contributed by atoms with van der Waals surface area (Å²) in [5.74, 6) is -1.16. The number of allylic oxidation sites excluding steroid dienone is 1. The summed E-state index contributed by atoms with van der Waals surface area (Å²) < 4.78 is 5.20. The van der Waals surface area contributed by atoms with Gasteiger partial charge in [-0.2, -0.15) is 0 Å². The Bertz CT molecular complexity index is 378. The quantitative estimate of drug-likeness (QED) is 0.742. The van der Waals surface area contributed by atoms with E-state index in [0.29, 0.717) is 19.4 Å². The third-order valence-corrected chi connectivity index (χ3v) is 3.72. The second-order valence-corrected chi connectivity index (χ2v) is 5.18. The third kappa shape index (κ3) is 4.06. The first-order chi connectivity index (χ1) is 9.16. The van der Waals surface area contributed by atoms with Crippen LogP contribution in [0.25, 0.3) is 0 Å². The van der Waals surface area contributed by atoms with Crippen molar-refractivity contribution in [3.8, 4) is 0 Å². The lowest BCUT2D eigenvalue weighted by Crippen LogP contribution is -2.36. The molecule has 106 valence electrons. The van der Waals surface area contributed by atoms with Crippen molar-refractivity contribution in [3.05, 3.63) is 11.6 Å². The van der Waals surface area contributed by atoms with Gasteiger partial charge in [-0.25, -0.2) is 4.79 Å². The summed E-state index contributed by atoms with van der Waals surface area (Å²) in [6.07, 6.45) is 7.44. The minimum atomic E-state index is -0.984. The van der Waals surface area contributed by atoms with Crippen molar-refractivity contribution in [2.75, 3.05) is 6.54 Å². The van der Waals surface area contributed by atoms with E-state index in [9.17, 15) is 9.59 Å². The van der Waals surface area contributed by atoms with E-state index in [-0.39, 0.29) is 5.91 Å². The lowest BCUT2D eigenvalue weighted by Gasteiger charge is -2.14. The molecule has 0 unspecified atom stereocenters. The monoisotopic (exact) mass is 267 g/mol. The van der Waals surface area contributed by atoms with Gasteiger partial charge in [0.05, 0.1) is 0 Å². The highest BCUT2D eigenvalue weighted by atomic mass is 16.5. The summed E-state index contributed by atoms with van der Waals surface area (Å²) in [6.45, 7) is 0.613. The smallest absolute Gasteiger partial charge is 0.332 e. The van der Waals surface area contributed by atoms with E-state index in [2.05, 4.69) is 11.4 Å². The number of amides is 1. The van der Waals surface area contributed by atoms with Crippen LogP contribution in [0.3, 0.4) is 0 Å². The number of carbonyl (C=O) groups excluding carboxylic acids is 1. The fourth-order valence-electron chi connectivity index (χ4n) is 2.60. The van der Waals surface area contributed by atoms with E-state index < -0.39 is 18.2 Å². The molecular weight excluding hydrogens is 246 g/mol. The maximum absolute atomic E-state index is 11.8. The Morgan fingerprint density at radius 3 is 2.74 bits per heavy atom. The summed E-state index contributed by atoms with van der Waals surface area (Å²) in [6, 6.07) is 0. The van der Waals surface area contributed by atoms with Gasteiger partial charge >= 0.3 is 5.97 Å². The number of carboxylic acids is 1. The summed E-state index contributed by atoms with van der Waals surface area (Å²) in [5, 5.41) is 11.6. The largest absolute Gasteiger partial charge is 0.479 e. The second-order valence-electron chi connectivity index (χ2n) is 5.18. The number of hydrogen-bond donors (Lipinski definition) is 2. The predicted molar refractivity (Wildman–Crippen MR) is 69.7 cm³/mol. The number of carbonyl (C=O) groups is 2.